The number of aromatic nitrogens is 2. The zero-order chi connectivity index (χ0) is 18.0. The van der Waals surface area contributed by atoms with Crippen molar-refractivity contribution >= 4 is 5.82 Å². The van der Waals surface area contributed by atoms with E-state index in [1.54, 1.807) is 18.0 Å². The van der Waals surface area contributed by atoms with Gasteiger partial charge in [-0.15, -0.1) is 0 Å². The minimum absolute atomic E-state index is 0.125. The maximum Gasteiger partial charge on any atom is 0.332 e. The Morgan fingerprint density at radius 3 is 2.50 bits per heavy atom. The summed E-state index contributed by atoms with van der Waals surface area (Å²) in [5, 5.41) is 9.28. The summed E-state index contributed by atoms with van der Waals surface area (Å²) in [7, 11) is 5.79. The highest BCUT2D eigenvalue weighted by molar-refractivity contribution is 5.53. The Kier molecular flexibility index (Phi) is 4.74. The third-order valence-corrected chi connectivity index (χ3v) is 3.74. The lowest BCUT2D eigenvalue weighted by Crippen LogP contribution is -2.41. The number of rotatable bonds is 4. The monoisotopic (exact) mass is 332 g/mol. The molecule has 2 rings (SSSR count). The number of nitriles is 1. The molecule has 0 N–H and O–H groups in total. The minimum Gasteiger partial charge on any atom is -0.494 e. The van der Waals surface area contributed by atoms with Crippen LogP contribution in [0.3, 0.4) is 0 Å². The van der Waals surface area contributed by atoms with Crippen molar-refractivity contribution in [3.8, 4) is 11.8 Å². The van der Waals surface area contributed by atoms with E-state index in [0.717, 1.165) is 4.57 Å². The predicted molar refractivity (Wildman–Crippen MR) is 86.7 cm³/mol. The Hall–Kier alpha value is -3.08. The lowest BCUT2D eigenvalue weighted by Gasteiger charge is -2.23. The molecule has 0 radical (unpaired) electrons. The topological polar surface area (TPSA) is 80.3 Å². The Morgan fingerprint density at radius 1 is 1.29 bits per heavy atom. The van der Waals surface area contributed by atoms with Crippen molar-refractivity contribution in [1.82, 2.24) is 9.13 Å². The molecular formula is C16H17FN4O3. The van der Waals surface area contributed by atoms with Gasteiger partial charge in [0.25, 0.3) is 5.56 Å². The van der Waals surface area contributed by atoms with Crippen molar-refractivity contribution in [2.45, 2.75) is 6.54 Å². The van der Waals surface area contributed by atoms with Gasteiger partial charge in [-0.3, -0.25) is 13.9 Å². The Morgan fingerprint density at radius 2 is 1.96 bits per heavy atom. The van der Waals surface area contributed by atoms with Crippen LogP contribution < -0.4 is 20.9 Å². The van der Waals surface area contributed by atoms with Crippen molar-refractivity contribution < 1.29 is 9.13 Å². The van der Waals surface area contributed by atoms with E-state index < -0.39 is 17.1 Å². The van der Waals surface area contributed by atoms with Crippen LogP contribution in [0.25, 0.3) is 0 Å². The molecule has 0 saturated heterocycles. The third-order valence-electron chi connectivity index (χ3n) is 3.74. The fourth-order valence-electron chi connectivity index (χ4n) is 2.54. The second kappa shape index (κ2) is 6.58. The first-order valence-corrected chi connectivity index (χ1v) is 7.05. The zero-order valence-electron chi connectivity index (χ0n) is 13.8. The van der Waals surface area contributed by atoms with Crippen LogP contribution in [0.2, 0.25) is 0 Å². The fraction of sp³-hybridized carbons (Fsp3) is 0.312. The van der Waals surface area contributed by atoms with Gasteiger partial charge in [0.2, 0.25) is 0 Å². The Bertz CT molecular complexity index is 940. The van der Waals surface area contributed by atoms with Crippen molar-refractivity contribution in [2.24, 2.45) is 14.1 Å². The molecule has 0 spiro atoms. The maximum absolute atomic E-state index is 13.8. The molecule has 2 aromatic rings. The molecule has 0 aliphatic carbocycles. The molecule has 0 saturated carbocycles. The van der Waals surface area contributed by atoms with E-state index in [-0.39, 0.29) is 23.7 Å². The molecule has 0 bridgehead atoms. The molecule has 0 amide bonds. The maximum atomic E-state index is 13.8. The molecule has 0 aliphatic heterocycles. The standard InChI is InChI=1S/C16H17FN4O3/c1-19(9-10-5-6-13(24-4)12(17)7-10)14-11(8-18)15(22)21(3)16(23)20(14)2/h5-7H,9H2,1-4H3. The van der Waals surface area contributed by atoms with E-state index in [0.29, 0.717) is 5.56 Å². The van der Waals surface area contributed by atoms with Gasteiger partial charge in [0.1, 0.15) is 11.9 Å². The van der Waals surface area contributed by atoms with Gasteiger partial charge < -0.3 is 9.64 Å². The van der Waals surface area contributed by atoms with E-state index in [2.05, 4.69) is 0 Å². The molecule has 0 aliphatic rings. The molecule has 126 valence electrons. The predicted octanol–water partition coefficient (Wildman–Crippen LogP) is 0.740. The van der Waals surface area contributed by atoms with E-state index in [4.69, 9.17) is 4.74 Å². The minimum atomic E-state index is -0.664. The number of nitrogens with zero attached hydrogens (tertiary/aromatic N) is 4. The largest absolute Gasteiger partial charge is 0.494 e. The summed E-state index contributed by atoms with van der Waals surface area (Å²) in [6, 6.07) is 6.31. The van der Waals surface area contributed by atoms with Crippen LogP contribution in [0.1, 0.15) is 11.1 Å². The smallest absolute Gasteiger partial charge is 0.332 e. The van der Waals surface area contributed by atoms with Crippen molar-refractivity contribution in [3.63, 3.8) is 0 Å². The highest BCUT2D eigenvalue weighted by Crippen LogP contribution is 2.21. The van der Waals surface area contributed by atoms with Crippen LogP contribution in [-0.4, -0.2) is 23.3 Å². The molecule has 0 atom stereocenters. The molecule has 1 heterocycles. The fourth-order valence-corrected chi connectivity index (χ4v) is 2.54. The van der Waals surface area contributed by atoms with Crippen molar-refractivity contribution in [1.29, 1.82) is 5.26 Å². The lowest BCUT2D eigenvalue weighted by atomic mass is 10.2. The quantitative estimate of drug-likeness (QED) is 0.825. The van der Waals surface area contributed by atoms with Crippen LogP contribution in [0.5, 0.6) is 5.75 Å². The van der Waals surface area contributed by atoms with Crippen LogP contribution in [0.4, 0.5) is 10.2 Å². The average Bonchev–Trinajstić information content (AvgIpc) is 2.56. The second-order valence-electron chi connectivity index (χ2n) is 5.34. The summed E-state index contributed by atoms with van der Waals surface area (Å²) in [6.45, 7) is 0.204. The van der Waals surface area contributed by atoms with Crippen molar-refractivity contribution in [2.75, 3.05) is 19.1 Å². The summed E-state index contributed by atoms with van der Waals surface area (Å²) in [4.78, 5) is 25.8. The van der Waals surface area contributed by atoms with Crippen LogP contribution in [-0.2, 0) is 20.6 Å². The third kappa shape index (κ3) is 2.88. The van der Waals surface area contributed by atoms with E-state index in [9.17, 15) is 19.2 Å². The summed E-state index contributed by atoms with van der Waals surface area (Å²) in [5.74, 6) is -0.205. The van der Waals surface area contributed by atoms with Gasteiger partial charge in [0.05, 0.1) is 7.11 Å². The number of hydrogen-bond acceptors (Lipinski definition) is 5. The molecule has 24 heavy (non-hydrogen) atoms. The summed E-state index contributed by atoms with van der Waals surface area (Å²) in [5.41, 5.74) is -0.742. The van der Waals surface area contributed by atoms with Gasteiger partial charge in [-0.2, -0.15) is 5.26 Å². The van der Waals surface area contributed by atoms with Gasteiger partial charge in [0, 0.05) is 27.7 Å². The highest BCUT2D eigenvalue weighted by Gasteiger charge is 2.19. The first-order chi connectivity index (χ1) is 11.3. The number of halogens is 1. The molecule has 0 unspecified atom stereocenters. The normalized spacial score (nSPS) is 10.3. The van der Waals surface area contributed by atoms with Crippen LogP contribution >= 0.6 is 0 Å². The molecule has 7 nitrogen and oxygen atoms in total. The van der Waals surface area contributed by atoms with Gasteiger partial charge >= 0.3 is 5.69 Å². The SMILES string of the molecule is COc1ccc(CN(C)c2c(C#N)c(=O)n(C)c(=O)n2C)cc1F. The zero-order valence-corrected chi connectivity index (χ0v) is 13.8. The summed E-state index contributed by atoms with van der Waals surface area (Å²) in [6.07, 6.45) is 0. The lowest BCUT2D eigenvalue weighted by molar-refractivity contribution is 0.386. The van der Waals surface area contributed by atoms with E-state index >= 15 is 0 Å². The van der Waals surface area contributed by atoms with E-state index in [1.807, 2.05) is 6.07 Å². The summed E-state index contributed by atoms with van der Waals surface area (Å²) < 4.78 is 20.8. The van der Waals surface area contributed by atoms with Crippen LogP contribution in [0.15, 0.2) is 27.8 Å². The molecule has 0 fully saturated rings. The van der Waals surface area contributed by atoms with Crippen LogP contribution in [0, 0.1) is 17.1 Å². The summed E-state index contributed by atoms with van der Waals surface area (Å²) >= 11 is 0. The van der Waals surface area contributed by atoms with Gasteiger partial charge in [-0.05, 0) is 17.7 Å². The average molecular weight is 332 g/mol. The molecule has 8 heteroatoms. The number of hydrogen-bond donors (Lipinski definition) is 0. The van der Waals surface area contributed by atoms with Gasteiger partial charge in [-0.1, -0.05) is 6.07 Å². The molecule has 1 aromatic heterocycles. The first-order valence-electron chi connectivity index (χ1n) is 7.05. The molecule has 1 aromatic carbocycles. The van der Waals surface area contributed by atoms with Crippen molar-refractivity contribution in [3.05, 3.63) is 56.0 Å². The van der Waals surface area contributed by atoms with Gasteiger partial charge in [-0.25, -0.2) is 9.18 Å². The Labute approximate surface area is 137 Å². The molecular weight excluding hydrogens is 315 g/mol. The highest BCUT2D eigenvalue weighted by atomic mass is 19.1. The first kappa shape index (κ1) is 17.3. The number of methoxy groups -OCH3 is 1. The Balaban J connectivity index is 2.50. The second-order valence-corrected chi connectivity index (χ2v) is 5.34. The number of benzene rings is 1. The number of anilines is 1. The number of ether oxygens (including phenoxy) is 1. The van der Waals surface area contributed by atoms with E-state index in [1.165, 1.54) is 37.9 Å². The van der Waals surface area contributed by atoms with Gasteiger partial charge in [0.15, 0.2) is 17.1 Å².